The lowest BCUT2D eigenvalue weighted by atomic mass is 9.87. The highest BCUT2D eigenvalue weighted by Crippen LogP contribution is 2.41. The molecule has 1 aliphatic carbocycles. The van der Waals surface area contributed by atoms with E-state index in [4.69, 9.17) is 5.73 Å². The Bertz CT molecular complexity index is 405. The summed E-state index contributed by atoms with van der Waals surface area (Å²) in [5.74, 6) is -0.258. The van der Waals surface area contributed by atoms with Gasteiger partial charge < -0.3 is 21.1 Å². The number of fused-ring (bicyclic) bond motifs is 1. The lowest BCUT2D eigenvalue weighted by Crippen LogP contribution is -2.35. The molecular weight excluding hydrogens is 206 g/mol. The van der Waals surface area contributed by atoms with Crippen LogP contribution in [0.4, 0.5) is 0 Å². The second kappa shape index (κ2) is 3.96. The van der Waals surface area contributed by atoms with Crippen LogP contribution >= 0.6 is 0 Å². The summed E-state index contributed by atoms with van der Waals surface area (Å²) in [6.45, 7) is 0.129. The third-order valence-corrected chi connectivity index (χ3v) is 3.37. The number of rotatable bonds is 1. The summed E-state index contributed by atoms with van der Waals surface area (Å²) >= 11 is 0. The van der Waals surface area contributed by atoms with Gasteiger partial charge in [0.15, 0.2) is 11.5 Å². The molecule has 0 unspecified atom stereocenters. The van der Waals surface area contributed by atoms with Crippen molar-refractivity contribution >= 4 is 0 Å². The maximum absolute atomic E-state index is 10.4. The Morgan fingerprint density at radius 1 is 1.25 bits per heavy atom. The maximum Gasteiger partial charge on any atom is 0.161 e. The van der Waals surface area contributed by atoms with Crippen LogP contribution < -0.4 is 5.73 Å². The van der Waals surface area contributed by atoms with Crippen molar-refractivity contribution in [2.24, 2.45) is 5.73 Å². The van der Waals surface area contributed by atoms with Crippen LogP contribution in [0, 0.1) is 0 Å². The molecule has 0 amide bonds. The summed E-state index contributed by atoms with van der Waals surface area (Å²) < 4.78 is 0. The third-order valence-electron chi connectivity index (χ3n) is 3.37. The van der Waals surface area contributed by atoms with E-state index in [0.717, 1.165) is 12.8 Å². The van der Waals surface area contributed by atoms with Crippen molar-refractivity contribution in [1.29, 1.82) is 0 Å². The highest BCUT2D eigenvalue weighted by Gasteiger charge is 2.33. The van der Waals surface area contributed by atoms with Gasteiger partial charge in [-0.2, -0.15) is 0 Å². The molecular formula is C12H17NO3. The quantitative estimate of drug-likeness (QED) is 0.422. The van der Waals surface area contributed by atoms with Crippen molar-refractivity contribution in [3.05, 3.63) is 23.3 Å². The Kier molecular flexibility index (Phi) is 2.78. The van der Waals surface area contributed by atoms with Gasteiger partial charge >= 0.3 is 0 Å². The summed E-state index contributed by atoms with van der Waals surface area (Å²) in [4.78, 5) is 0. The van der Waals surface area contributed by atoms with Gasteiger partial charge in [0, 0.05) is 12.1 Å². The predicted octanol–water partition coefficient (Wildman–Crippen LogP) is 0.970. The van der Waals surface area contributed by atoms with Crippen LogP contribution in [0.3, 0.4) is 0 Å². The number of aliphatic hydroxyl groups is 1. The van der Waals surface area contributed by atoms with E-state index in [1.54, 1.807) is 6.07 Å². The van der Waals surface area contributed by atoms with Crippen molar-refractivity contribution < 1.29 is 15.3 Å². The second-order valence-corrected chi connectivity index (χ2v) is 4.40. The summed E-state index contributed by atoms with van der Waals surface area (Å²) in [7, 11) is 0. The molecule has 2 rings (SSSR count). The Morgan fingerprint density at radius 2 is 2.00 bits per heavy atom. The van der Waals surface area contributed by atoms with Gasteiger partial charge in [0.1, 0.15) is 5.60 Å². The summed E-state index contributed by atoms with van der Waals surface area (Å²) in [6.07, 6.45) is 3.01. The van der Waals surface area contributed by atoms with Crippen molar-refractivity contribution in [1.82, 2.24) is 0 Å². The van der Waals surface area contributed by atoms with Crippen LogP contribution in [-0.2, 0) is 12.0 Å². The molecule has 4 heteroatoms. The molecule has 0 aromatic heterocycles. The molecule has 0 fully saturated rings. The van der Waals surface area contributed by atoms with Gasteiger partial charge in [0.2, 0.25) is 0 Å². The van der Waals surface area contributed by atoms with Crippen LogP contribution in [0.1, 0.15) is 30.4 Å². The Hall–Kier alpha value is -1.26. The molecule has 1 atom stereocenters. The molecule has 1 aliphatic rings. The molecule has 0 bridgehead atoms. The standard InChI is InChI=1S/C12H17NO3/c13-7-12(16)6-2-1-3-8-9(12)4-5-10(14)11(8)15/h4-5,14-16H,1-3,6-7,13H2/t12-/m0/s1. The number of phenols is 2. The first-order chi connectivity index (χ1) is 7.58. The van der Waals surface area contributed by atoms with E-state index >= 15 is 0 Å². The third kappa shape index (κ3) is 1.64. The van der Waals surface area contributed by atoms with E-state index in [1.807, 2.05) is 0 Å². The minimum Gasteiger partial charge on any atom is -0.504 e. The van der Waals surface area contributed by atoms with Crippen molar-refractivity contribution in [3.63, 3.8) is 0 Å². The zero-order chi connectivity index (χ0) is 11.8. The molecule has 5 N–H and O–H groups in total. The van der Waals surface area contributed by atoms with Gasteiger partial charge in [0.25, 0.3) is 0 Å². The minimum absolute atomic E-state index is 0.119. The summed E-state index contributed by atoms with van der Waals surface area (Å²) in [6, 6.07) is 3.06. The van der Waals surface area contributed by atoms with Crippen LogP contribution in [0.2, 0.25) is 0 Å². The number of benzene rings is 1. The highest BCUT2D eigenvalue weighted by molar-refractivity contribution is 5.51. The largest absolute Gasteiger partial charge is 0.504 e. The van der Waals surface area contributed by atoms with Crippen molar-refractivity contribution in [2.45, 2.75) is 31.3 Å². The molecule has 88 valence electrons. The lowest BCUT2D eigenvalue weighted by molar-refractivity contribution is 0.0360. The number of nitrogens with two attached hydrogens (primary N) is 1. The first kappa shape index (κ1) is 11.2. The Balaban J connectivity index is 2.59. The van der Waals surface area contributed by atoms with Crippen LogP contribution in [0.15, 0.2) is 12.1 Å². The average molecular weight is 223 g/mol. The summed E-state index contributed by atoms with van der Waals surface area (Å²) in [5, 5.41) is 29.7. The monoisotopic (exact) mass is 223 g/mol. The summed E-state index contributed by atoms with van der Waals surface area (Å²) in [5.41, 5.74) is 5.83. The Labute approximate surface area is 94.3 Å². The van der Waals surface area contributed by atoms with Crippen LogP contribution in [-0.4, -0.2) is 21.9 Å². The van der Waals surface area contributed by atoms with E-state index in [0.29, 0.717) is 24.0 Å². The zero-order valence-electron chi connectivity index (χ0n) is 9.11. The maximum atomic E-state index is 10.4. The average Bonchev–Trinajstić information content (AvgIpc) is 2.45. The van der Waals surface area contributed by atoms with E-state index in [1.165, 1.54) is 6.07 Å². The number of phenolic OH excluding ortho intramolecular Hbond substituents is 2. The number of hydrogen-bond acceptors (Lipinski definition) is 4. The Morgan fingerprint density at radius 3 is 2.69 bits per heavy atom. The SMILES string of the molecule is NC[C@@]1(O)CCCCc2c1ccc(O)c2O. The molecule has 0 radical (unpaired) electrons. The molecule has 0 saturated carbocycles. The zero-order valence-corrected chi connectivity index (χ0v) is 9.11. The molecule has 16 heavy (non-hydrogen) atoms. The first-order valence-electron chi connectivity index (χ1n) is 5.55. The fourth-order valence-electron chi connectivity index (χ4n) is 2.38. The van der Waals surface area contributed by atoms with E-state index in [2.05, 4.69) is 0 Å². The molecule has 0 heterocycles. The molecule has 0 spiro atoms. The lowest BCUT2D eigenvalue weighted by Gasteiger charge is -2.27. The van der Waals surface area contributed by atoms with Gasteiger partial charge in [-0.05, 0) is 37.3 Å². The number of hydrogen-bond donors (Lipinski definition) is 4. The normalized spacial score (nSPS) is 24.9. The fraction of sp³-hybridized carbons (Fsp3) is 0.500. The second-order valence-electron chi connectivity index (χ2n) is 4.40. The van der Waals surface area contributed by atoms with E-state index in [-0.39, 0.29) is 18.0 Å². The van der Waals surface area contributed by atoms with Gasteiger partial charge in [-0.25, -0.2) is 0 Å². The molecule has 0 saturated heterocycles. The first-order valence-corrected chi connectivity index (χ1v) is 5.55. The van der Waals surface area contributed by atoms with E-state index < -0.39 is 5.60 Å². The van der Waals surface area contributed by atoms with Crippen LogP contribution in [0.5, 0.6) is 11.5 Å². The van der Waals surface area contributed by atoms with E-state index in [9.17, 15) is 15.3 Å². The van der Waals surface area contributed by atoms with Gasteiger partial charge in [0.05, 0.1) is 0 Å². The fourth-order valence-corrected chi connectivity index (χ4v) is 2.38. The molecule has 1 aromatic carbocycles. The van der Waals surface area contributed by atoms with Crippen molar-refractivity contribution in [3.8, 4) is 11.5 Å². The topological polar surface area (TPSA) is 86.7 Å². The van der Waals surface area contributed by atoms with Gasteiger partial charge in [-0.1, -0.05) is 6.07 Å². The molecule has 4 nitrogen and oxygen atoms in total. The van der Waals surface area contributed by atoms with Gasteiger partial charge in [-0.3, -0.25) is 0 Å². The van der Waals surface area contributed by atoms with Crippen LogP contribution in [0.25, 0.3) is 0 Å². The smallest absolute Gasteiger partial charge is 0.161 e. The highest BCUT2D eigenvalue weighted by atomic mass is 16.3. The van der Waals surface area contributed by atoms with Crippen molar-refractivity contribution in [2.75, 3.05) is 6.54 Å². The number of aromatic hydroxyl groups is 2. The predicted molar refractivity (Wildman–Crippen MR) is 60.3 cm³/mol. The minimum atomic E-state index is -1.07. The van der Waals surface area contributed by atoms with Gasteiger partial charge in [-0.15, -0.1) is 0 Å². The molecule has 0 aliphatic heterocycles. The molecule has 1 aromatic rings.